The summed E-state index contributed by atoms with van der Waals surface area (Å²) in [6.45, 7) is 8.37. The zero-order valence-corrected chi connectivity index (χ0v) is 16.6. The van der Waals surface area contributed by atoms with Crippen LogP contribution in [-0.2, 0) is 11.3 Å². The highest BCUT2D eigenvalue weighted by atomic mass is 32.1. The molecule has 27 heavy (non-hydrogen) atoms. The maximum Gasteiger partial charge on any atom is 0.257 e. The first-order valence-electron chi connectivity index (χ1n) is 9.10. The van der Waals surface area contributed by atoms with Crippen LogP contribution in [0.1, 0.15) is 27.0 Å². The van der Waals surface area contributed by atoms with Gasteiger partial charge in [-0.2, -0.15) is 0 Å². The van der Waals surface area contributed by atoms with Crippen LogP contribution in [0.5, 0.6) is 0 Å². The zero-order valence-electron chi connectivity index (χ0n) is 15.7. The topological polar surface area (TPSA) is 53.6 Å². The van der Waals surface area contributed by atoms with Crippen molar-refractivity contribution in [1.29, 1.82) is 0 Å². The standard InChI is InChI=1S/C21H25N3O2S/c1-15-3-8-19(16(2)13-15)20(25)23-21(27)22-18-6-4-17(5-7-18)14-24-9-11-26-12-10-24/h3-8,13H,9-12,14H2,1-2H3,(H2,22,23,25,27). The summed E-state index contributed by atoms with van der Waals surface area (Å²) in [5, 5.41) is 6.11. The third-order valence-corrected chi connectivity index (χ3v) is 4.78. The van der Waals surface area contributed by atoms with Crippen molar-refractivity contribution in [3.05, 3.63) is 64.7 Å². The van der Waals surface area contributed by atoms with Crippen molar-refractivity contribution < 1.29 is 9.53 Å². The minimum atomic E-state index is -0.200. The molecule has 2 aromatic carbocycles. The quantitative estimate of drug-likeness (QED) is 0.794. The van der Waals surface area contributed by atoms with E-state index in [1.807, 2.05) is 44.2 Å². The summed E-state index contributed by atoms with van der Waals surface area (Å²) >= 11 is 5.28. The highest BCUT2D eigenvalue weighted by Gasteiger charge is 2.12. The molecule has 0 unspecified atom stereocenters. The average molecular weight is 384 g/mol. The lowest BCUT2D eigenvalue weighted by atomic mass is 10.1. The molecular formula is C21H25N3O2S. The number of morpholine rings is 1. The molecule has 2 N–H and O–H groups in total. The van der Waals surface area contributed by atoms with Gasteiger partial charge in [-0.15, -0.1) is 0 Å². The number of carbonyl (C=O) groups excluding carboxylic acids is 1. The van der Waals surface area contributed by atoms with E-state index in [0.717, 1.165) is 49.7 Å². The molecule has 0 spiro atoms. The number of benzene rings is 2. The Bertz CT molecular complexity index is 815. The van der Waals surface area contributed by atoms with Gasteiger partial charge in [0.15, 0.2) is 5.11 Å². The van der Waals surface area contributed by atoms with E-state index in [-0.39, 0.29) is 5.91 Å². The van der Waals surface area contributed by atoms with Crippen LogP contribution in [0.2, 0.25) is 0 Å². The monoisotopic (exact) mass is 383 g/mol. The van der Waals surface area contributed by atoms with E-state index in [2.05, 4.69) is 27.7 Å². The van der Waals surface area contributed by atoms with Crippen LogP contribution in [0.15, 0.2) is 42.5 Å². The summed E-state index contributed by atoms with van der Waals surface area (Å²) < 4.78 is 5.38. The lowest BCUT2D eigenvalue weighted by molar-refractivity contribution is 0.0342. The Morgan fingerprint density at radius 2 is 1.81 bits per heavy atom. The Morgan fingerprint density at radius 3 is 2.48 bits per heavy atom. The number of anilines is 1. The van der Waals surface area contributed by atoms with Crippen molar-refractivity contribution in [2.45, 2.75) is 20.4 Å². The van der Waals surface area contributed by atoms with Crippen molar-refractivity contribution in [1.82, 2.24) is 10.2 Å². The van der Waals surface area contributed by atoms with Gasteiger partial charge in [-0.3, -0.25) is 15.0 Å². The normalized spacial score (nSPS) is 14.6. The first-order chi connectivity index (χ1) is 13.0. The van der Waals surface area contributed by atoms with Crippen LogP contribution in [0.25, 0.3) is 0 Å². The number of nitrogens with zero attached hydrogens (tertiary/aromatic N) is 1. The highest BCUT2D eigenvalue weighted by molar-refractivity contribution is 7.80. The summed E-state index contributed by atoms with van der Waals surface area (Å²) in [5.41, 5.74) is 4.79. The minimum Gasteiger partial charge on any atom is -0.379 e. The first kappa shape index (κ1) is 19.5. The lowest BCUT2D eigenvalue weighted by Crippen LogP contribution is -2.35. The number of ether oxygens (including phenoxy) is 1. The molecule has 0 atom stereocenters. The molecule has 0 radical (unpaired) electrons. The van der Waals surface area contributed by atoms with Gasteiger partial charge in [0, 0.05) is 30.9 Å². The van der Waals surface area contributed by atoms with Crippen molar-refractivity contribution in [3.8, 4) is 0 Å². The highest BCUT2D eigenvalue weighted by Crippen LogP contribution is 2.13. The van der Waals surface area contributed by atoms with E-state index in [9.17, 15) is 4.79 Å². The molecule has 1 aliphatic rings. The number of rotatable bonds is 4. The Kier molecular flexibility index (Phi) is 6.55. The Balaban J connectivity index is 1.53. The SMILES string of the molecule is Cc1ccc(C(=O)NC(=S)Nc2ccc(CN3CCOCC3)cc2)c(C)c1. The number of amides is 1. The molecule has 142 valence electrons. The van der Waals surface area contributed by atoms with E-state index in [0.29, 0.717) is 10.7 Å². The molecule has 1 heterocycles. The first-order valence-corrected chi connectivity index (χ1v) is 9.51. The van der Waals surface area contributed by atoms with Crippen LogP contribution in [0, 0.1) is 13.8 Å². The second kappa shape index (κ2) is 9.08. The fraction of sp³-hybridized carbons (Fsp3) is 0.333. The van der Waals surface area contributed by atoms with Crippen molar-refractivity contribution in [3.63, 3.8) is 0 Å². The summed E-state index contributed by atoms with van der Waals surface area (Å²) in [4.78, 5) is 14.8. The molecule has 5 nitrogen and oxygen atoms in total. The summed E-state index contributed by atoms with van der Waals surface area (Å²) in [6, 6.07) is 13.8. The van der Waals surface area contributed by atoms with Crippen LogP contribution in [0.4, 0.5) is 5.69 Å². The van der Waals surface area contributed by atoms with Crippen LogP contribution in [-0.4, -0.2) is 42.2 Å². The van der Waals surface area contributed by atoms with Gasteiger partial charge in [-0.05, 0) is 55.4 Å². The van der Waals surface area contributed by atoms with Crippen molar-refractivity contribution in [2.24, 2.45) is 0 Å². The van der Waals surface area contributed by atoms with E-state index < -0.39 is 0 Å². The van der Waals surface area contributed by atoms with Gasteiger partial charge in [0.25, 0.3) is 5.91 Å². The average Bonchev–Trinajstić information content (AvgIpc) is 2.64. The molecule has 1 amide bonds. The van der Waals surface area contributed by atoms with Gasteiger partial charge < -0.3 is 10.1 Å². The lowest BCUT2D eigenvalue weighted by Gasteiger charge is -2.26. The number of thiocarbonyl (C=S) groups is 1. The van der Waals surface area contributed by atoms with Crippen LogP contribution < -0.4 is 10.6 Å². The number of hydrogen-bond acceptors (Lipinski definition) is 4. The molecule has 0 aromatic heterocycles. The van der Waals surface area contributed by atoms with Gasteiger partial charge in [0.05, 0.1) is 13.2 Å². The second-order valence-corrected chi connectivity index (χ2v) is 7.22. The fourth-order valence-electron chi connectivity index (χ4n) is 3.11. The van der Waals surface area contributed by atoms with Crippen LogP contribution in [0.3, 0.4) is 0 Å². The van der Waals surface area contributed by atoms with Gasteiger partial charge in [0.1, 0.15) is 0 Å². The maximum atomic E-state index is 12.4. The van der Waals surface area contributed by atoms with E-state index in [1.54, 1.807) is 0 Å². The third kappa shape index (κ3) is 5.60. The second-order valence-electron chi connectivity index (χ2n) is 6.81. The number of aryl methyl sites for hydroxylation is 2. The molecule has 6 heteroatoms. The third-order valence-electron chi connectivity index (χ3n) is 4.58. The predicted octanol–water partition coefficient (Wildman–Crippen LogP) is 3.26. The van der Waals surface area contributed by atoms with Gasteiger partial charge in [0.2, 0.25) is 0 Å². The summed E-state index contributed by atoms with van der Waals surface area (Å²) in [7, 11) is 0. The Labute approximate surface area is 165 Å². The van der Waals surface area contributed by atoms with Crippen molar-refractivity contribution in [2.75, 3.05) is 31.6 Å². The Hall–Kier alpha value is -2.28. The number of hydrogen-bond donors (Lipinski definition) is 2. The smallest absolute Gasteiger partial charge is 0.257 e. The molecular weight excluding hydrogens is 358 g/mol. The van der Waals surface area contributed by atoms with Crippen molar-refractivity contribution >= 4 is 28.9 Å². The molecule has 1 aliphatic heterocycles. The summed E-state index contributed by atoms with van der Waals surface area (Å²) in [6.07, 6.45) is 0. The predicted molar refractivity (Wildman–Crippen MR) is 112 cm³/mol. The molecule has 2 aromatic rings. The van der Waals surface area contributed by atoms with Gasteiger partial charge in [-0.25, -0.2) is 0 Å². The van der Waals surface area contributed by atoms with Gasteiger partial charge >= 0.3 is 0 Å². The Morgan fingerprint density at radius 1 is 1.11 bits per heavy atom. The number of carbonyl (C=O) groups is 1. The molecule has 1 saturated heterocycles. The zero-order chi connectivity index (χ0) is 19.2. The van der Waals surface area contributed by atoms with Crippen LogP contribution >= 0.6 is 12.2 Å². The molecule has 0 saturated carbocycles. The largest absolute Gasteiger partial charge is 0.379 e. The van der Waals surface area contributed by atoms with E-state index >= 15 is 0 Å². The fourth-order valence-corrected chi connectivity index (χ4v) is 3.32. The van der Waals surface area contributed by atoms with Gasteiger partial charge in [-0.1, -0.05) is 29.8 Å². The molecule has 0 bridgehead atoms. The summed E-state index contributed by atoms with van der Waals surface area (Å²) in [5.74, 6) is -0.200. The van der Waals surface area contributed by atoms with E-state index in [4.69, 9.17) is 17.0 Å². The number of nitrogens with one attached hydrogen (secondary N) is 2. The maximum absolute atomic E-state index is 12.4. The molecule has 1 fully saturated rings. The minimum absolute atomic E-state index is 0.200. The molecule has 3 rings (SSSR count). The van der Waals surface area contributed by atoms with E-state index in [1.165, 1.54) is 5.56 Å². The molecule has 0 aliphatic carbocycles.